The highest BCUT2D eigenvalue weighted by Crippen LogP contribution is 2.28. The number of pyridine rings is 1. The van der Waals surface area contributed by atoms with Crippen molar-refractivity contribution in [1.82, 2.24) is 9.97 Å². The number of hydrogen-bond donors (Lipinski definition) is 2. The molecule has 0 aliphatic rings. The van der Waals surface area contributed by atoms with Gasteiger partial charge < -0.3 is 11.1 Å². The highest BCUT2D eigenvalue weighted by atomic mass is 79.9. The second-order valence-electron chi connectivity index (χ2n) is 3.74. The quantitative estimate of drug-likeness (QED) is 0.914. The minimum atomic E-state index is 0.674. The lowest BCUT2D eigenvalue weighted by atomic mass is 10.2. The summed E-state index contributed by atoms with van der Waals surface area (Å²) in [6, 6.07) is 0. The van der Waals surface area contributed by atoms with Gasteiger partial charge >= 0.3 is 0 Å². The molecule has 6 heteroatoms. The Hall–Kier alpha value is -1.14. The number of halogens is 1. The standard InChI is InChI=1S/C11H13BrN4S/c1-6-5-17-9(16-6)4-15-11-10(12)7(2)8(13)3-14-11/h3,5H,4,13H2,1-2H3,(H,14,15). The lowest BCUT2D eigenvalue weighted by molar-refractivity contribution is 1.05. The monoisotopic (exact) mass is 312 g/mol. The van der Waals surface area contributed by atoms with Crippen molar-refractivity contribution in [2.24, 2.45) is 0 Å². The second-order valence-corrected chi connectivity index (χ2v) is 5.47. The molecular formula is C11H13BrN4S. The number of nitrogen functional groups attached to an aromatic ring is 1. The molecule has 2 heterocycles. The first kappa shape index (κ1) is 12.3. The normalized spacial score (nSPS) is 10.5. The van der Waals surface area contributed by atoms with E-state index < -0.39 is 0 Å². The summed E-state index contributed by atoms with van der Waals surface area (Å²) in [5.74, 6) is 0.796. The van der Waals surface area contributed by atoms with E-state index in [1.807, 2.05) is 19.2 Å². The molecule has 0 fully saturated rings. The molecule has 0 aliphatic heterocycles. The lowest BCUT2D eigenvalue weighted by Crippen LogP contribution is -2.04. The van der Waals surface area contributed by atoms with Crippen molar-refractivity contribution in [3.05, 3.63) is 32.3 Å². The van der Waals surface area contributed by atoms with Crippen molar-refractivity contribution in [2.45, 2.75) is 20.4 Å². The van der Waals surface area contributed by atoms with Crippen LogP contribution in [0.1, 0.15) is 16.3 Å². The predicted molar refractivity (Wildman–Crippen MR) is 75.3 cm³/mol. The molecule has 0 aliphatic carbocycles. The van der Waals surface area contributed by atoms with Crippen LogP contribution in [0, 0.1) is 13.8 Å². The summed E-state index contributed by atoms with van der Waals surface area (Å²) < 4.78 is 0.908. The molecule has 3 N–H and O–H groups in total. The minimum Gasteiger partial charge on any atom is -0.397 e. The van der Waals surface area contributed by atoms with Gasteiger partial charge in [0.2, 0.25) is 0 Å². The zero-order chi connectivity index (χ0) is 12.4. The van der Waals surface area contributed by atoms with Gasteiger partial charge in [0.15, 0.2) is 0 Å². The average molecular weight is 313 g/mol. The van der Waals surface area contributed by atoms with Crippen molar-refractivity contribution in [3.8, 4) is 0 Å². The molecule has 0 saturated heterocycles. The summed E-state index contributed by atoms with van der Waals surface area (Å²) >= 11 is 5.13. The molecule has 0 saturated carbocycles. The number of nitrogens with two attached hydrogens (primary N) is 1. The molecule has 0 radical (unpaired) electrons. The van der Waals surface area contributed by atoms with E-state index in [1.165, 1.54) is 0 Å². The summed E-state index contributed by atoms with van der Waals surface area (Å²) in [4.78, 5) is 8.64. The zero-order valence-electron chi connectivity index (χ0n) is 9.62. The number of rotatable bonds is 3. The van der Waals surface area contributed by atoms with E-state index in [-0.39, 0.29) is 0 Å². The third kappa shape index (κ3) is 2.76. The van der Waals surface area contributed by atoms with Crippen molar-refractivity contribution in [3.63, 3.8) is 0 Å². The average Bonchev–Trinajstić information content (AvgIpc) is 2.71. The van der Waals surface area contributed by atoms with Gasteiger partial charge in [-0.05, 0) is 35.3 Å². The van der Waals surface area contributed by atoms with Gasteiger partial charge in [-0.15, -0.1) is 11.3 Å². The summed E-state index contributed by atoms with van der Waals surface area (Å²) in [5, 5.41) is 6.33. The smallest absolute Gasteiger partial charge is 0.141 e. The first-order valence-corrected chi connectivity index (χ1v) is 6.80. The topological polar surface area (TPSA) is 63.8 Å². The molecule has 2 aromatic heterocycles. The molecule has 17 heavy (non-hydrogen) atoms. The number of nitrogens with one attached hydrogen (secondary N) is 1. The number of nitrogens with zero attached hydrogens (tertiary/aromatic N) is 2. The number of aryl methyl sites for hydroxylation is 1. The molecule has 0 atom stereocenters. The first-order valence-electron chi connectivity index (χ1n) is 5.13. The van der Waals surface area contributed by atoms with Gasteiger partial charge in [0, 0.05) is 11.1 Å². The van der Waals surface area contributed by atoms with Gasteiger partial charge in [0.05, 0.1) is 22.9 Å². The van der Waals surface area contributed by atoms with Gasteiger partial charge in [0.1, 0.15) is 10.8 Å². The molecule has 90 valence electrons. The van der Waals surface area contributed by atoms with E-state index in [0.717, 1.165) is 26.6 Å². The van der Waals surface area contributed by atoms with Crippen LogP contribution < -0.4 is 11.1 Å². The molecule has 2 rings (SSSR count). The van der Waals surface area contributed by atoms with Crippen molar-refractivity contribution in [1.29, 1.82) is 0 Å². The zero-order valence-corrected chi connectivity index (χ0v) is 12.0. The van der Waals surface area contributed by atoms with Crippen LogP contribution in [0.2, 0.25) is 0 Å². The van der Waals surface area contributed by atoms with E-state index in [4.69, 9.17) is 5.73 Å². The fraction of sp³-hybridized carbons (Fsp3) is 0.273. The van der Waals surface area contributed by atoms with E-state index in [0.29, 0.717) is 12.2 Å². The number of anilines is 2. The van der Waals surface area contributed by atoms with Gasteiger partial charge in [-0.1, -0.05) is 0 Å². The molecule has 0 unspecified atom stereocenters. The van der Waals surface area contributed by atoms with Gasteiger partial charge in [-0.3, -0.25) is 0 Å². The fourth-order valence-electron chi connectivity index (χ4n) is 1.36. The van der Waals surface area contributed by atoms with Crippen molar-refractivity contribution < 1.29 is 0 Å². The number of aromatic nitrogens is 2. The lowest BCUT2D eigenvalue weighted by Gasteiger charge is -2.09. The van der Waals surface area contributed by atoms with Crippen LogP contribution in [0.25, 0.3) is 0 Å². The molecular weight excluding hydrogens is 300 g/mol. The molecule has 0 bridgehead atoms. The predicted octanol–water partition coefficient (Wildman–Crippen LogP) is 3.11. The largest absolute Gasteiger partial charge is 0.397 e. The van der Waals surface area contributed by atoms with E-state index in [1.54, 1.807) is 17.5 Å². The van der Waals surface area contributed by atoms with E-state index in [2.05, 4.69) is 31.2 Å². The molecule has 0 amide bonds. The van der Waals surface area contributed by atoms with Crippen LogP contribution in [-0.4, -0.2) is 9.97 Å². The van der Waals surface area contributed by atoms with Gasteiger partial charge in [0.25, 0.3) is 0 Å². The Morgan fingerprint density at radius 3 is 2.88 bits per heavy atom. The molecule has 0 spiro atoms. The van der Waals surface area contributed by atoms with Crippen molar-refractivity contribution in [2.75, 3.05) is 11.1 Å². The maximum absolute atomic E-state index is 5.77. The Morgan fingerprint density at radius 2 is 2.24 bits per heavy atom. The first-order chi connectivity index (χ1) is 8.08. The Labute approximate surface area is 112 Å². The minimum absolute atomic E-state index is 0.674. The summed E-state index contributed by atoms with van der Waals surface area (Å²) in [5.41, 5.74) is 8.50. The highest BCUT2D eigenvalue weighted by molar-refractivity contribution is 9.10. The van der Waals surface area contributed by atoms with Crippen LogP contribution >= 0.6 is 27.3 Å². The van der Waals surface area contributed by atoms with Crippen LogP contribution in [-0.2, 0) is 6.54 Å². The maximum Gasteiger partial charge on any atom is 0.141 e. The molecule has 4 nitrogen and oxygen atoms in total. The Bertz CT molecular complexity index is 538. The van der Waals surface area contributed by atoms with E-state index >= 15 is 0 Å². The van der Waals surface area contributed by atoms with Crippen LogP contribution in [0.5, 0.6) is 0 Å². The fourth-order valence-corrected chi connectivity index (χ4v) is 2.54. The number of hydrogen-bond acceptors (Lipinski definition) is 5. The summed E-state index contributed by atoms with van der Waals surface area (Å²) in [6.45, 7) is 4.62. The Kier molecular flexibility index (Phi) is 3.63. The van der Waals surface area contributed by atoms with Crippen LogP contribution in [0.3, 0.4) is 0 Å². The van der Waals surface area contributed by atoms with Gasteiger partial charge in [-0.25, -0.2) is 9.97 Å². The molecule has 0 aromatic carbocycles. The summed E-state index contributed by atoms with van der Waals surface area (Å²) in [7, 11) is 0. The Morgan fingerprint density at radius 1 is 1.47 bits per heavy atom. The van der Waals surface area contributed by atoms with Crippen molar-refractivity contribution >= 4 is 38.8 Å². The van der Waals surface area contributed by atoms with Crippen LogP contribution in [0.4, 0.5) is 11.5 Å². The SMILES string of the molecule is Cc1csc(CNc2ncc(N)c(C)c2Br)n1. The summed E-state index contributed by atoms with van der Waals surface area (Å²) in [6.07, 6.45) is 1.66. The second kappa shape index (κ2) is 5.01. The maximum atomic E-state index is 5.77. The third-order valence-electron chi connectivity index (χ3n) is 2.38. The number of thiazole rings is 1. The third-order valence-corrected chi connectivity index (χ3v) is 4.31. The van der Waals surface area contributed by atoms with Crippen LogP contribution in [0.15, 0.2) is 16.0 Å². The molecule has 2 aromatic rings. The van der Waals surface area contributed by atoms with E-state index in [9.17, 15) is 0 Å². The van der Waals surface area contributed by atoms with Gasteiger partial charge in [-0.2, -0.15) is 0 Å². The highest BCUT2D eigenvalue weighted by Gasteiger charge is 2.07. The Balaban J connectivity index is 2.12.